The Morgan fingerprint density at radius 1 is 1.47 bits per heavy atom. The molecule has 0 aliphatic carbocycles. The molecule has 1 rings (SSSR count). The van der Waals surface area contributed by atoms with E-state index >= 15 is 0 Å². The van der Waals surface area contributed by atoms with Crippen molar-refractivity contribution in [2.24, 2.45) is 0 Å². The quantitative estimate of drug-likeness (QED) is 0.427. The second kappa shape index (κ2) is 6.42. The van der Waals surface area contributed by atoms with Crippen LogP contribution in [0.4, 0.5) is 0 Å². The van der Waals surface area contributed by atoms with Gasteiger partial charge in [-0.05, 0) is 39.5 Å². The van der Waals surface area contributed by atoms with E-state index in [0.717, 1.165) is 31.3 Å². The highest BCUT2D eigenvalue weighted by Crippen LogP contribution is 2.23. The van der Waals surface area contributed by atoms with E-state index in [4.69, 9.17) is 4.74 Å². The molecule has 0 saturated carbocycles. The highest BCUT2D eigenvalue weighted by Gasteiger charge is 2.32. The lowest BCUT2D eigenvalue weighted by Crippen LogP contribution is -2.40. The molecular formula is C13H21NO3. The number of carbonyl (C=O) groups is 2. The molecule has 1 heterocycles. The molecule has 1 aliphatic rings. The molecule has 0 aromatic heterocycles. The van der Waals surface area contributed by atoms with Crippen LogP contribution in [0, 0.1) is 0 Å². The second-order valence-electron chi connectivity index (χ2n) is 4.51. The fourth-order valence-corrected chi connectivity index (χ4v) is 2.13. The molecular weight excluding hydrogens is 218 g/mol. The predicted molar refractivity (Wildman–Crippen MR) is 65.4 cm³/mol. The number of nitrogens with zero attached hydrogens (tertiary/aromatic N) is 1. The van der Waals surface area contributed by atoms with E-state index in [9.17, 15) is 9.59 Å². The van der Waals surface area contributed by atoms with Crippen molar-refractivity contribution >= 4 is 11.9 Å². The first kappa shape index (κ1) is 13.7. The van der Waals surface area contributed by atoms with Gasteiger partial charge in [0.2, 0.25) is 0 Å². The first-order valence-corrected chi connectivity index (χ1v) is 6.18. The molecule has 0 bridgehead atoms. The summed E-state index contributed by atoms with van der Waals surface area (Å²) in [5.41, 5.74) is 1.11. The number of esters is 1. The van der Waals surface area contributed by atoms with E-state index in [1.165, 1.54) is 0 Å². The Bertz CT molecular complexity index is 312. The van der Waals surface area contributed by atoms with Crippen molar-refractivity contribution in [1.82, 2.24) is 4.90 Å². The van der Waals surface area contributed by atoms with Crippen molar-refractivity contribution < 1.29 is 14.3 Å². The molecule has 17 heavy (non-hydrogen) atoms. The SMILES string of the molecule is C=C(C)CCC1CCCN1C(=O)C(=O)OCC. The third-order valence-corrected chi connectivity index (χ3v) is 2.99. The molecule has 0 N–H and O–H groups in total. The normalized spacial score (nSPS) is 19.2. The van der Waals surface area contributed by atoms with Gasteiger partial charge in [0.1, 0.15) is 0 Å². The van der Waals surface area contributed by atoms with Crippen molar-refractivity contribution in [3.63, 3.8) is 0 Å². The maximum atomic E-state index is 11.8. The molecule has 1 unspecified atom stereocenters. The summed E-state index contributed by atoms with van der Waals surface area (Å²) in [5, 5.41) is 0. The van der Waals surface area contributed by atoms with Gasteiger partial charge in [0.05, 0.1) is 6.61 Å². The van der Waals surface area contributed by atoms with E-state index in [0.29, 0.717) is 6.54 Å². The summed E-state index contributed by atoms with van der Waals surface area (Å²) in [5.74, 6) is -1.22. The monoisotopic (exact) mass is 239 g/mol. The third-order valence-electron chi connectivity index (χ3n) is 2.99. The lowest BCUT2D eigenvalue weighted by atomic mass is 10.1. The van der Waals surface area contributed by atoms with E-state index in [-0.39, 0.29) is 12.6 Å². The molecule has 1 aliphatic heterocycles. The molecule has 1 atom stereocenters. The zero-order valence-electron chi connectivity index (χ0n) is 10.7. The second-order valence-corrected chi connectivity index (χ2v) is 4.51. The minimum Gasteiger partial charge on any atom is -0.459 e. The number of amides is 1. The van der Waals surface area contributed by atoms with Gasteiger partial charge in [-0.1, -0.05) is 5.57 Å². The van der Waals surface area contributed by atoms with Gasteiger partial charge >= 0.3 is 11.9 Å². The molecule has 0 aromatic rings. The maximum absolute atomic E-state index is 11.8. The van der Waals surface area contributed by atoms with Crippen LogP contribution < -0.4 is 0 Å². The van der Waals surface area contributed by atoms with Gasteiger partial charge < -0.3 is 9.64 Å². The topological polar surface area (TPSA) is 46.6 Å². The first-order chi connectivity index (χ1) is 8.06. The zero-order chi connectivity index (χ0) is 12.8. The van der Waals surface area contributed by atoms with Gasteiger partial charge in [-0.3, -0.25) is 4.79 Å². The number of hydrogen-bond acceptors (Lipinski definition) is 3. The fraction of sp³-hybridized carbons (Fsp3) is 0.692. The van der Waals surface area contributed by atoms with Crippen LogP contribution in [0.25, 0.3) is 0 Å². The van der Waals surface area contributed by atoms with Crippen LogP contribution in [0.5, 0.6) is 0 Å². The number of carbonyl (C=O) groups excluding carboxylic acids is 2. The van der Waals surface area contributed by atoms with Crippen LogP contribution in [-0.2, 0) is 14.3 Å². The van der Waals surface area contributed by atoms with Crippen LogP contribution in [-0.4, -0.2) is 36.0 Å². The number of ether oxygens (including phenoxy) is 1. The molecule has 1 saturated heterocycles. The van der Waals surface area contributed by atoms with Gasteiger partial charge in [0, 0.05) is 12.6 Å². The van der Waals surface area contributed by atoms with Crippen LogP contribution in [0.2, 0.25) is 0 Å². The predicted octanol–water partition coefficient (Wildman–Crippen LogP) is 1.90. The molecule has 96 valence electrons. The summed E-state index contributed by atoms with van der Waals surface area (Å²) >= 11 is 0. The number of hydrogen-bond donors (Lipinski definition) is 0. The highest BCUT2D eigenvalue weighted by atomic mass is 16.5. The minimum atomic E-state index is -0.727. The van der Waals surface area contributed by atoms with E-state index in [2.05, 4.69) is 6.58 Å². The summed E-state index contributed by atoms with van der Waals surface area (Å²) < 4.78 is 4.74. The van der Waals surface area contributed by atoms with Crippen LogP contribution in [0.3, 0.4) is 0 Å². The van der Waals surface area contributed by atoms with Crippen LogP contribution >= 0.6 is 0 Å². The Kier molecular flexibility index (Phi) is 5.19. The average molecular weight is 239 g/mol. The van der Waals surface area contributed by atoms with Crippen molar-refractivity contribution in [3.8, 4) is 0 Å². The summed E-state index contributed by atoms with van der Waals surface area (Å²) in [6, 6.07) is 0.170. The lowest BCUT2D eigenvalue weighted by molar-refractivity contribution is -0.160. The zero-order valence-corrected chi connectivity index (χ0v) is 10.7. The number of allylic oxidation sites excluding steroid dienone is 1. The fourth-order valence-electron chi connectivity index (χ4n) is 2.13. The summed E-state index contributed by atoms with van der Waals surface area (Å²) in [4.78, 5) is 24.9. The highest BCUT2D eigenvalue weighted by molar-refractivity contribution is 6.32. The molecule has 4 heteroatoms. The minimum absolute atomic E-state index is 0.170. The molecule has 1 fully saturated rings. The van der Waals surface area contributed by atoms with E-state index < -0.39 is 11.9 Å². The molecule has 0 spiro atoms. The van der Waals surface area contributed by atoms with E-state index in [1.54, 1.807) is 11.8 Å². The largest absolute Gasteiger partial charge is 0.459 e. The Hall–Kier alpha value is -1.32. The Morgan fingerprint density at radius 2 is 2.18 bits per heavy atom. The summed E-state index contributed by atoms with van der Waals surface area (Å²) in [6.07, 6.45) is 3.72. The van der Waals surface area contributed by atoms with Gasteiger partial charge in [-0.2, -0.15) is 0 Å². The average Bonchev–Trinajstić information content (AvgIpc) is 2.73. The molecule has 4 nitrogen and oxygen atoms in total. The van der Waals surface area contributed by atoms with Crippen molar-refractivity contribution in [3.05, 3.63) is 12.2 Å². The Labute approximate surface area is 103 Å². The van der Waals surface area contributed by atoms with Crippen molar-refractivity contribution in [2.45, 2.75) is 45.6 Å². The molecule has 0 aromatic carbocycles. The van der Waals surface area contributed by atoms with Gasteiger partial charge in [-0.25, -0.2) is 4.79 Å². The Balaban J connectivity index is 2.53. The first-order valence-electron chi connectivity index (χ1n) is 6.18. The standard InChI is InChI=1S/C13H21NO3/c1-4-17-13(16)12(15)14-9-5-6-11(14)8-7-10(2)3/h11H,2,4-9H2,1,3H3. The van der Waals surface area contributed by atoms with Crippen molar-refractivity contribution in [1.29, 1.82) is 0 Å². The van der Waals surface area contributed by atoms with Crippen LogP contribution in [0.1, 0.15) is 39.5 Å². The van der Waals surface area contributed by atoms with Gasteiger partial charge in [-0.15, -0.1) is 6.58 Å². The maximum Gasteiger partial charge on any atom is 0.397 e. The van der Waals surface area contributed by atoms with Crippen LogP contribution in [0.15, 0.2) is 12.2 Å². The smallest absolute Gasteiger partial charge is 0.397 e. The summed E-state index contributed by atoms with van der Waals surface area (Å²) in [6.45, 7) is 8.45. The van der Waals surface area contributed by atoms with Gasteiger partial charge in [0.25, 0.3) is 0 Å². The number of rotatable bonds is 4. The summed E-state index contributed by atoms with van der Waals surface area (Å²) in [7, 11) is 0. The third kappa shape index (κ3) is 3.88. The number of likely N-dealkylation sites (tertiary alicyclic amines) is 1. The lowest BCUT2D eigenvalue weighted by Gasteiger charge is -2.23. The Morgan fingerprint density at radius 3 is 2.76 bits per heavy atom. The van der Waals surface area contributed by atoms with Crippen molar-refractivity contribution in [2.75, 3.05) is 13.2 Å². The molecule has 1 amide bonds. The molecule has 0 radical (unpaired) electrons. The van der Waals surface area contributed by atoms with E-state index in [1.807, 2.05) is 6.92 Å². The van der Waals surface area contributed by atoms with Gasteiger partial charge in [0.15, 0.2) is 0 Å².